The number of benzene rings is 2. The third-order valence-corrected chi connectivity index (χ3v) is 3.57. The molecule has 0 heterocycles. The summed E-state index contributed by atoms with van der Waals surface area (Å²) in [5, 5.41) is 6.76. The van der Waals surface area contributed by atoms with Crippen molar-refractivity contribution in [2.24, 2.45) is 0 Å². The maximum atomic E-state index is 11.9. The van der Waals surface area contributed by atoms with Gasteiger partial charge in [-0.1, -0.05) is 42.3 Å². The van der Waals surface area contributed by atoms with Crippen LogP contribution in [-0.4, -0.2) is 12.5 Å². The van der Waals surface area contributed by atoms with Crippen LogP contribution < -0.4 is 10.6 Å². The molecule has 1 amide bonds. The van der Waals surface area contributed by atoms with Crippen LogP contribution in [0.25, 0.3) is 0 Å². The fourth-order valence-corrected chi connectivity index (χ4v) is 2.28. The molecule has 0 bridgehead atoms. The molecular formula is C16H16Cl2N2O. The summed E-state index contributed by atoms with van der Waals surface area (Å²) in [7, 11) is 0. The summed E-state index contributed by atoms with van der Waals surface area (Å²) in [5.74, 6) is -0.168. The second-order valence-electron chi connectivity index (χ2n) is 4.58. The fourth-order valence-electron chi connectivity index (χ4n) is 1.83. The quantitative estimate of drug-likeness (QED) is 0.844. The Balaban J connectivity index is 1.89. The molecular weight excluding hydrogens is 307 g/mol. The molecule has 2 aromatic rings. The summed E-state index contributed by atoms with van der Waals surface area (Å²) in [6, 6.07) is 12.9. The van der Waals surface area contributed by atoms with E-state index in [1.165, 1.54) is 5.56 Å². The molecule has 0 saturated heterocycles. The van der Waals surface area contributed by atoms with E-state index in [-0.39, 0.29) is 12.5 Å². The highest BCUT2D eigenvalue weighted by atomic mass is 35.5. The fraction of sp³-hybridized carbons (Fsp3) is 0.188. The van der Waals surface area contributed by atoms with Crippen molar-refractivity contribution in [1.29, 1.82) is 0 Å². The van der Waals surface area contributed by atoms with Gasteiger partial charge in [-0.05, 0) is 42.3 Å². The maximum Gasteiger partial charge on any atom is 0.243 e. The predicted octanol–water partition coefficient (Wildman–Crippen LogP) is 4.61. The molecule has 110 valence electrons. The summed E-state index contributed by atoms with van der Waals surface area (Å²) in [5.41, 5.74) is 2.72. The third-order valence-electron chi connectivity index (χ3n) is 3.02. The molecule has 0 fully saturated rings. The van der Waals surface area contributed by atoms with Gasteiger partial charge in [-0.3, -0.25) is 4.79 Å². The van der Waals surface area contributed by atoms with Crippen LogP contribution in [0, 0.1) is 0 Å². The molecule has 0 spiro atoms. The highest BCUT2D eigenvalue weighted by molar-refractivity contribution is 6.36. The smallest absolute Gasteiger partial charge is 0.243 e. The van der Waals surface area contributed by atoms with Crippen molar-refractivity contribution in [3.63, 3.8) is 0 Å². The zero-order valence-corrected chi connectivity index (χ0v) is 13.1. The number of aryl methyl sites for hydroxylation is 1. The van der Waals surface area contributed by atoms with Crippen molar-refractivity contribution in [1.82, 2.24) is 0 Å². The molecule has 0 aliphatic carbocycles. The van der Waals surface area contributed by atoms with Crippen LogP contribution in [0.5, 0.6) is 0 Å². The van der Waals surface area contributed by atoms with Crippen molar-refractivity contribution in [2.45, 2.75) is 13.3 Å². The number of hydrogen-bond donors (Lipinski definition) is 2. The Hall–Kier alpha value is -1.71. The van der Waals surface area contributed by atoms with Gasteiger partial charge in [-0.2, -0.15) is 0 Å². The molecule has 21 heavy (non-hydrogen) atoms. The molecule has 5 heteroatoms. The van der Waals surface area contributed by atoms with Gasteiger partial charge in [-0.25, -0.2) is 0 Å². The van der Waals surface area contributed by atoms with Gasteiger partial charge in [0.05, 0.1) is 17.3 Å². The van der Waals surface area contributed by atoms with Crippen molar-refractivity contribution < 1.29 is 4.79 Å². The Morgan fingerprint density at radius 2 is 1.81 bits per heavy atom. The van der Waals surface area contributed by atoms with E-state index >= 15 is 0 Å². The van der Waals surface area contributed by atoms with Gasteiger partial charge in [0, 0.05) is 10.7 Å². The highest BCUT2D eigenvalue weighted by Gasteiger charge is 2.06. The van der Waals surface area contributed by atoms with E-state index in [2.05, 4.69) is 17.6 Å². The third kappa shape index (κ3) is 4.66. The Kier molecular flexibility index (Phi) is 5.48. The molecule has 0 unspecified atom stereocenters. The summed E-state index contributed by atoms with van der Waals surface area (Å²) < 4.78 is 0. The van der Waals surface area contributed by atoms with E-state index in [1.54, 1.807) is 18.2 Å². The average molecular weight is 323 g/mol. The molecule has 0 saturated carbocycles. The van der Waals surface area contributed by atoms with Crippen LogP contribution in [0.1, 0.15) is 12.5 Å². The minimum absolute atomic E-state index is 0.168. The first kappa shape index (κ1) is 15.7. The summed E-state index contributed by atoms with van der Waals surface area (Å²) in [6.07, 6.45) is 0.996. The van der Waals surface area contributed by atoms with Crippen LogP contribution in [0.2, 0.25) is 10.0 Å². The van der Waals surface area contributed by atoms with Crippen molar-refractivity contribution in [3.8, 4) is 0 Å². The molecule has 2 N–H and O–H groups in total. The molecule has 2 rings (SSSR count). The van der Waals surface area contributed by atoms with Crippen molar-refractivity contribution in [2.75, 3.05) is 17.2 Å². The lowest BCUT2D eigenvalue weighted by molar-refractivity contribution is -0.114. The number of anilines is 2. The number of amides is 1. The molecule has 0 radical (unpaired) electrons. The number of rotatable bonds is 5. The number of halogens is 2. The first-order valence-corrected chi connectivity index (χ1v) is 7.42. The van der Waals surface area contributed by atoms with E-state index in [0.717, 1.165) is 12.1 Å². The van der Waals surface area contributed by atoms with Gasteiger partial charge in [-0.15, -0.1) is 0 Å². The van der Waals surface area contributed by atoms with Gasteiger partial charge >= 0.3 is 0 Å². The minimum atomic E-state index is -0.168. The second kappa shape index (κ2) is 7.34. The molecule has 0 atom stereocenters. The number of carbonyl (C=O) groups excluding carboxylic acids is 1. The van der Waals surface area contributed by atoms with Gasteiger partial charge in [0.1, 0.15) is 0 Å². The summed E-state index contributed by atoms with van der Waals surface area (Å²) in [6.45, 7) is 2.27. The normalized spacial score (nSPS) is 10.2. The van der Waals surface area contributed by atoms with Crippen molar-refractivity contribution >= 4 is 40.5 Å². The van der Waals surface area contributed by atoms with E-state index in [1.807, 2.05) is 24.3 Å². The minimum Gasteiger partial charge on any atom is -0.376 e. The average Bonchev–Trinajstić information content (AvgIpc) is 2.48. The summed E-state index contributed by atoms with van der Waals surface area (Å²) >= 11 is 11.8. The second-order valence-corrected chi connectivity index (χ2v) is 5.42. The van der Waals surface area contributed by atoms with E-state index in [4.69, 9.17) is 23.2 Å². The largest absolute Gasteiger partial charge is 0.376 e. The van der Waals surface area contributed by atoms with Gasteiger partial charge in [0.2, 0.25) is 5.91 Å². The predicted molar refractivity (Wildman–Crippen MR) is 89.4 cm³/mol. The van der Waals surface area contributed by atoms with E-state index < -0.39 is 0 Å². The lowest BCUT2D eigenvalue weighted by Crippen LogP contribution is -2.21. The van der Waals surface area contributed by atoms with Crippen LogP contribution in [0.3, 0.4) is 0 Å². The number of carbonyl (C=O) groups is 1. The first-order valence-electron chi connectivity index (χ1n) is 6.66. The lowest BCUT2D eigenvalue weighted by atomic mass is 10.1. The standard InChI is InChI=1S/C16H16Cl2N2O/c1-2-11-3-6-13(7-4-11)19-10-16(21)20-15-8-5-12(17)9-14(15)18/h3-9,19H,2,10H2,1H3,(H,20,21). The first-order chi connectivity index (χ1) is 10.1. The number of nitrogens with one attached hydrogen (secondary N) is 2. The SMILES string of the molecule is CCc1ccc(NCC(=O)Nc2ccc(Cl)cc2Cl)cc1. The topological polar surface area (TPSA) is 41.1 Å². The van der Waals surface area contributed by atoms with Crippen LogP contribution in [-0.2, 0) is 11.2 Å². The zero-order valence-electron chi connectivity index (χ0n) is 11.6. The van der Waals surface area contributed by atoms with E-state index in [9.17, 15) is 4.79 Å². The Morgan fingerprint density at radius 3 is 2.43 bits per heavy atom. The van der Waals surface area contributed by atoms with Crippen LogP contribution in [0.15, 0.2) is 42.5 Å². The molecule has 2 aromatic carbocycles. The van der Waals surface area contributed by atoms with Crippen LogP contribution in [0.4, 0.5) is 11.4 Å². The molecule has 3 nitrogen and oxygen atoms in total. The lowest BCUT2D eigenvalue weighted by Gasteiger charge is -2.09. The number of hydrogen-bond acceptors (Lipinski definition) is 2. The highest BCUT2D eigenvalue weighted by Crippen LogP contribution is 2.25. The summed E-state index contributed by atoms with van der Waals surface area (Å²) in [4.78, 5) is 11.9. The molecule has 0 aliphatic rings. The molecule has 0 aliphatic heterocycles. The maximum absolute atomic E-state index is 11.9. The Morgan fingerprint density at radius 1 is 1.10 bits per heavy atom. The van der Waals surface area contributed by atoms with Crippen LogP contribution >= 0.6 is 23.2 Å². The molecule has 0 aromatic heterocycles. The van der Waals surface area contributed by atoms with Crippen molar-refractivity contribution in [3.05, 3.63) is 58.1 Å². The van der Waals surface area contributed by atoms with Gasteiger partial charge in [0.15, 0.2) is 0 Å². The zero-order chi connectivity index (χ0) is 15.2. The Bertz CT molecular complexity index is 627. The Labute approximate surface area is 134 Å². The van der Waals surface area contributed by atoms with Gasteiger partial charge < -0.3 is 10.6 Å². The van der Waals surface area contributed by atoms with E-state index in [0.29, 0.717) is 15.7 Å². The van der Waals surface area contributed by atoms with Gasteiger partial charge in [0.25, 0.3) is 0 Å². The monoisotopic (exact) mass is 322 g/mol.